The first kappa shape index (κ1) is 18.8. The predicted octanol–water partition coefficient (Wildman–Crippen LogP) is 3.20. The zero-order chi connectivity index (χ0) is 16.0. The average molecular weight is 439 g/mol. The second-order valence-corrected chi connectivity index (χ2v) is 6.13. The van der Waals surface area contributed by atoms with E-state index in [1.807, 2.05) is 6.07 Å². The van der Waals surface area contributed by atoms with Crippen LogP contribution in [0.5, 0.6) is 0 Å². The predicted molar refractivity (Wildman–Crippen MR) is 109 cm³/mol. The zero-order valence-electron chi connectivity index (χ0n) is 14.1. The fraction of sp³-hybridized carbons (Fsp3) is 0.444. The van der Waals surface area contributed by atoms with E-state index >= 15 is 0 Å². The zero-order valence-corrected chi connectivity index (χ0v) is 16.4. The highest BCUT2D eigenvalue weighted by atomic mass is 127. The molecule has 24 heavy (non-hydrogen) atoms. The van der Waals surface area contributed by atoms with Crippen molar-refractivity contribution in [3.63, 3.8) is 0 Å². The Labute approximate surface area is 160 Å². The highest BCUT2D eigenvalue weighted by Gasteiger charge is 2.38. The molecule has 1 aromatic carbocycles. The molecule has 130 valence electrons. The van der Waals surface area contributed by atoms with Gasteiger partial charge in [-0.2, -0.15) is 5.10 Å². The Morgan fingerprint density at radius 2 is 2.00 bits per heavy atom. The standard InChI is InChI=1S/C18H25N5.HI/c1-2-19-17(20-13-16-9-12-22-23-16)21-14-18(10-6-11-18)15-7-4-3-5-8-15;/h3-5,7-9,12H,2,6,10-11,13-14H2,1H3,(H,22,23)(H2,19,20,21);1H. The van der Waals surface area contributed by atoms with Gasteiger partial charge in [-0.1, -0.05) is 36.8 Å². The van der Waals surface area contributed by atoms with Crippen LogP contribution in [0.15, 0.2) is 47.6 Å². The lowest BCUT2D eigenvalue weighted by Crippen LogP contribution is -2.48. The molecule has 3 N–H and O–H groups in total. The third kappa shape index (κ3) is 4.49. The smallest absolute Gasteiger partial charge is 0.191 e. The largest absolute Gasteiger partial charge is 0.357 e. The molecule has 0 amide bonds. The molecular weight excluding hydrogens is 413 g/mol. The van der Waals surface area contributed by atoms with E-state index in [0.29, 0.717) is 6.54 Å². The molecule has 1 aliphatic carbocycles. The number of nitrogens with one attached hydrogen (secondary N) is 3. The van der Waals surface area contributed by atoms with Gasteiger partial charge in [0.15, 0.2) is 5.96 Å². The van der Waals surface area contributed by atoms with Crippen LogP contribution in [0.3, 0.4) is 0 Å². The lowest BCUT2D eigenvalue weighted by atomic mass is 9.64. The second-order valence-electron chi connectivity index (χ2n) is 6.13. The molecule has 0 radical (unpaired) electrons. The third-order valence-electron chi connectivity index (χ3n) is 4.60. The van der Waals surface area contributed by atoms with Crippen LogP contribution < -0.4 is 10.6 Å². The Morgan fingerprint density at radius 3 is 2.58 bits per heavy atom. The SMILES string of the molecule is CCNC(=NCc1ccn[nH]1)NCC1(c2ccccc2)CCC1.I. The van der Waals surface area contributed by atoms with Gasteiger partial charge in [0.05, 0.1) is 12.2 Å². The Morgan fingerprint density at radius 1 is 1.21 bits per heavy atom. The van der Waals surface area contributed by atoms with Crippen LogP contribution in [0.25, 0.3) is 0 Å². The molecule has 0 unspecified atom stereocenters. The van der Waals surface area contributed by atoms with E-state index in [9.17, 15) is 0 Å². The monoisotopic (exact) mass is 439 g/mol. The van der Waals surface area contributed by atoms with E-state index in [1.54, 1.807) is 6.20 Å². The molecule has 2 aromatic rings. The maximum absolute atomic E-state index is 4.63. The van der Waals surface area contributed by atoms with Crippen molar-refractivity contribution in [2.75, 3.05) is 13.1 Å². The van der Waals surface area contributed by atoms with Gasteiger partial charge in [0.2, 0.25) is 0 Å². The normalized spacial score (nSPS) is 16.0. The molecule has 0 saturated heterocycles. The Hall–Kier alpha value is -1.57. The maximum atomic E-state index is 4.63. The number of aliphatic imine (C=N–C) groups is 1. The van der Waals surface area contributed by atoms with E-state index in [0.717, 1.165) is 24.7 Å². The summed E-state index contributed by atoms with van der Waals surface area (Å²) in [6, 6.07) is 12.8. The second kappa shape index (κ2) is 9.05. The van der Waals surface area contributed by atoms with Gasteiger partial charge in [-0.05, 0) is 31.4 Å². The lowest BCUT2D eigenvalue weighted by molar-refractivity contribution is 0.244. The Kier molecular flexibility index (Phi) is 7.08. The molecule has 0 bridgehead atoms. The number of hydrogen-bond acceptors (Lipinski definition) is 2. The third-order valence-corrected chi connectivity index (χ3v) is 4.60. The molecule has 0 atom stereocenters. The van der Waals surface area contributed by atoms with Crippen molar-refractivity contribution in [2.24, 2.45) is 4.99 Å². The van der Waals surface area contributed by atoms with Gasteiger partial charge >= 0.3 is 0 Å². The van der Waals surface area contributed by atoms with Gasteiger partial charge in [-0.15, -0.1) is 24.0 Å². The van der Waals surface area contributed by atoms with Crippen LogP contribution in [0, 0.1) is 0 Å². The minimum absolute atomic E-state index is 0. The first-order chi connectivity index (χ1) is 11.3. The van der Waals surface area contributed by atoms with Gasteiger partial charge in [-0.25, -0.2) is 4.99 Å². The number of rotatable bonds is 6. The molecule has 1 saturated carbocycles. The molecular formula is C18H26IN5. The first-order valence-electron chi connectivity index (χ1n) is 8.38. The number of aromatic nitrogens is 2. The van der Waals surface area contributed by atoms with Crippen LogP contribution >= 0.6 is 24.0 Å². The summed E-state index contributed by atoms with van der Waals surface area (Å²) in [5.74, 6) is 0.865. The summed E-state index contributed by atoms with van der Waals surface area (Å²) >= 11 is 0. The van der Waals surface area contributed by atoms with Crippen LogP contribution in [0.4, 0.5) is 0 Å². The quantitative estimate of drug-likeness (QED) is 0.368. The summed E-state index contributed by atoms with van der Waals surface area (Å²) in [6.07, 6.45) is 5.54. The highest BCUT2D eigenvalue weighted by Crippen LogP contribution is 2.43. The summed E-state index contributed by atoms with van der Waals surface area (Å²) in [7, 11) is 0. The van der Waals surface area contributed by atoms with Crippen LogP contribution in [0.1, 0.15) is 37.4 Å². The van der Waals surface area contributed by atoms with Gasteiger partial charge in [0, 0.05) is 24.7 Å². The molecule has 0 aliphatic heterocycles. The van der Waals surface area contributed by atoms with Gasteiger partial charge in [0.25, 0.3) is 0 Å². The molecule has 3 rings (SSSR count). The summed E-state index contributed by atoms with van der Waals surface area (Å²) in [4.78, 5) is 4.63. The van der Waals surface area contributed by atoms with Crippen LogP contribution in [-0.4, -0.2) is 29.2 Å². The van der Waals surface area contributed by atoms with E-state index in [4.69, 9.17) is 0 Å². The number of halogens is 1. The number of guanidine groups is 1. The minimum Gasteiger partial charge on any atom is -0.357 e. The first-order valence-corrected chi connectivity index (χ1v) is 8.38. The highest BCUT2D eigenvalue weighted by molar-refractivity contribution is 14.0. The lowest BCUT2D eigenvalue weighted by Gasteiger charge is -2.43. The number of hydrogen-bond donors (Lipinski definition) is 3. The van der Waals surface area contributed by atoms with Crippen LogP contribution in [-0.2, 0) is 12.0 Å². The average Bonchev–Trinajstić information content (AvgIpc) is 3.06. The topological polar surface area (TPSA) is 65.1 Å². The fourth-order valence-electron chi connectivity index (χ4n) is 3.09. The summed E-state index contributed by atoms with van der Waals surface area (Å²) in [5, 5.41) is 13.8. The minimum atomic E-state index is 0. The molecule has 1 aliphatic rings. The number of benzene rings is 1. The number of aromatic amines is 1. The van der Waals surface area contributed by atoms with E-state index in [2.05, 4.69) is 63.1 Å². The van der Waals surface area contributed by atoms with E-state index in [-0.39, 0.29) is 29.4 Å². The summed E-state index contributed by atoms with van der Waals surface area (Å²) in [5.41, 5.74) is 2.71. The molecule has 5 nitrogen and oxygen atoms in total. The van der Waals surface area contributed by atoms with Crippen LogP contribution in [0.2, 0.25) is 0 Å². The Balaban J connectivity index is 0.00000208. The van der Waals surface area contributed by atoms with Crippen molar-refractivity contribution in [3.05, 3.63) is 53.9 Å². The summed E-state index contributed by atoms with van der Waals surface area (Å²) in [6.45, 7) is 4.47. The van der Waals surface area contributed by atoms with Crippen molar-refractivity contribution >= 4 is 29.9 Å². The van der Waals surface area contributed by atoms with Crippen molar-refractivity contribution in [2.45, 2.75) is 38.1 Å². The molecule has 6 heteroatoms. The maximum Gasteiger partial charge on any atom is 0.191 e. The van der Waals surface area contributed by atoms with Crippen molar-refractivity contribution in [1.82, 2.24) is 20.8 Å². The number of nitrogens with zero attached hydrogens (tertiary/aromatic N) is 2. The van der Waals surface area contributed by atoms with Gasteiger partial charge in [0.1, 0.15) is 0 Å². The van der Waals surface area contributed by atoms with Gasteiger partial charge < -0.3 is 10.6 Å². The summed E-state index contributed by atoms with van der Waals surface area (Å²) < 4.78 is 0. The van der Waals surface area contributed by atoms with Gasteiger partial charge in [-0.3, -0.25) is 5.10 Å². The molecule has 1 fully saturated rings. The Bertz CT molecular complexity index is 620. The van der Waals surface area contributed by atoms with Crippen molar-refractivity contribution in [3.8, 4) is 0 Å². The van der Waals surface area contributed by atoms with Crippen molar-refractivity contribution < 1.29 is 0 Å². The van der Waals surface area contributed by atoms with E-state index < -0.39 is 0 Å². The molecule has 1 heterocycles. The fourth-order valence-corrected chi connectivity index (χ4v) is 3.09. The van der Waals surface area contributed by atoms with Crippen molar-refractivity contribution in [1.29, 1.82) is 0 Å². The molecule has 1 aromatic heterocycles. The molecule has 0 spiro atoms. The number of H-pyrrole nitrogens is 1. The van der Waals surface area contributed by atoms with E-state index in [1.165, 1.54) is 24.8 Å².